The van der Waals surface area contributed by atoms with Crippen molar-refractivity contribution in [3.8, 4) is 0 Å². The molecule has 20 heavy (non-hydrogen) atoms. The van der Waals surface area contributed by atoms with Gasteiger partial charge in [0, 0.05) is 11.3 Å². The summed E-state index contributed by atoms with van der Waals surface area (Å²) in [6.45, 7) is 0. The highest BCUT2D eigenvalue weighted by Crippen LogP contribution is 2.14. The van der Waals surface area contributed by atoms with Crippen molar-refractivity contribution in [3.05, 3.63) is 64.3 Å². The molecule has 0 radical (unpaired) electrons. The van der Waals surface area contributed by atoms with Crippen LogP contribution in [-0.2, 0) is 0 Å². The number of nitrogens with one attached hydrogen (secondary N) is 1. The van der Waals surface area contributed by atoms with E-state index in [4.69, 9.17) is 5.73 Å². The Hall–Kier alpha value is -2.89. The molecule has 5 nitrogen and oxygen atoms in total. The van der Waals surface area contributed by atoms with Gasteiger partial charge in [-0.1, -0.05) is 0 Å². The fourth-order valence-electron chi connectivity index (χ4n) is 2.04. The first-order chi connectivity index (χ1) is 9.56. The summed E-state index contributed by atoms with van der Waals surface area (Å²) in [4.78, 5) is 26.7. The molecule has 0 aliphatic rings. The van der Waals surface area contributed by atoms with Crippen LogP contribution >= 0.6 is 0 Å². The quantitative estimate of drug-likeness (QED) is 0.661. The SMILES string of the molecule is Nc1ccc(C(=O)n2c(=O)[nH]c3cc(F)ccc32)cc1. The van der Waals surface area contributed by atoms with Gasteiger partial charge in [-0.05, 0) is 42.5 Å². The van der Waals surface area contributed by atoms with Crippen molar-refractivity contribution >= 4 is 22.6 Å². The minimum atomic E-state index is -0.604. The zero-order valence-electron chi connectivity index (χ0n) is 10.3. The number of H-pyrrole nitrogens is 1. The third-order valence-corrected chi connectivity index (χ3v) is 3.00. The predicted molar refractivity (Wildman–Crippen MR) is 73.1 cm³/mol. The molecule has 3 N–H and O–H groups in total. The van der Waals surface area contributed by atoms with Gasteiger partial charge in [-0.2, -0.15) is 0 Å². The van der Waals surface area contributed by atoms with Gasteiger partial charge in [-0.3, -0.25) is 4.79 Å². The van der Waals surface area contributed by atoms with Crippen LogP contribution in [0.25, 0.3) is 11.0 Å². The number of nitrogen functional groups attached to an aromatic ring is 1. The molecule has 3 rings (SSSR count). The summed E-state index contributed by atoms with van der Waals surface area (Å²) >= 11 is 0. The number of carbonyl (C=O) groups excluding carboxylic acids is 1. The number of rotatable bonds is 1. The first-order valence-corrected chi connectivity index (χ1v) is 5.87. The molecule has 100 valence electrons. The van der Waals surface area contributed by atoms with E-state index in [0.29, 0.717) is 16.8 Å². The Morgan fingerprint density at radius 2 is 1.85 bits per heavy atom. The summed E-state index contributed by atoms with van der Waals surface area (Å²) in [7, 11) is 0. The molecular weight excluding hydrogens is 261 g/mol. The van der Waals surface area contributed by atoms with Crippen molar-refractivity contribution < 1.29 is 9.18 Å². The minimum Gasteiger partial charge on any atom is -0.399 e. The van der Waals surface area contributed by atoms with E-state index in [1.54, 1.807) is 12.1 Å². The van der Waals surface area contributed by atoms with Crippen LogP contribution in [-0.4, -0.2) is 15.5 Å². The molecule has 2 aromatic carbocycles. The van der Waals surface area contributed by atoms with Crippen LogP contribution in [0, 0.1) is 5.82 Å². The average molecular weight is 271 g/mol. The number of imidazole rings is 1. The second-order valence-electron chi connectivity index (χ2n) is 4.35. The van der Waals surface area contributed by atoms with E-state index in [1.807, 2.05) is 0 Å². The van der Waals surface area contributed by atoms with E-state index < -0.39 is 17.4 Å². The molecule has 0 atom stereocenters. The van der Waals surface area contributed by atoms with Gasteiger partial charge in [0.25, 0.3) is 5.91 Å². The van der Waals surface area contributed by atoms with E-state index in [0.717, 1.165) is 4.57 Å². The van der Waals surface area contributed by atoms with Gasteiger partial charge in [0.2, 0.25) is 0 Å². The van der Waals surface area contributed by atoms with Crippen LogP contribution in [0.5, 0.6) is 0 Å². The van der Waals surface area contributed by atoms with Gasteiger partial charge >= 0.3 is 5.69 Å². The highest BCUT2D eigenvalue weighted by Gasteiger charge is 2.15. The van der Waals surface area contributed by atoms with Gasteiger partial charge in [0.05, 0.1) is 11.0 Å². The average Bonchev–Trinajstić information content (AvgIpc) is 2.73. The fourth-order valence-corrected chi connectivity index (χ4v) is 2.04. The second kappa shape index (κ2) is 4.34. The van der Waals surface area contributed by atoms with Crippen molar-refractivity contribution in [2.75, 3.05) is 5.73 Å². The first-order valence-electron chi connectivity index (χ1n) is 5.87. The van der Waals surface area contributed by atoms with Crippen LogP contribution in [0.1, 0.15) is 10.4 Å². The van der Waals surface area contributed by atoms with E-state index in [1.165, 1.54) is 30.3 Å². The van der Waals surface area contributed by atoms with Gasteiger partial charge in [0.15, 0.2) is 0 Å². The first kappa shape index (κ1) is 12.2. The number of nitrogens with two attached hydrogens (primary N) is 1. The lowest BCUT2D eigenvalue weighted by Crippen LogP contribution is -2.24. The summed E-state index contributed by atoms with van der Waals surface area (Å²) < 4.78 is 14.1. The number of benzene rings is 2. The monoisotopic (exact) mass is 271 g/mol. The smallest absolute Gasteiger partial charge is 0.333 e. The van der Waals surface area contributed by atoms with Gasteiger partial charge in [-0.15, -0.1) is 0 Å². The maximum absolute atomic E-state index is 13.1. The Bertz CT molecular complexity index is 862. The topological polar surface area (TPSA) is 80.9 Å². The fraction of sp³-hybridized carbons (Fsp3) is 0. The Morgan fingerprint density at radius 3 is 2.55 bits per heavy atom. The Balaban J connectivity index is 2.19. The molecule has 0 saturated carbocycles. The maximum Gasteiger partial charge on any atom is 0.333 e. The molecule has 0 aliphatic heterocycles. The number of hydrogen-bond donors (Lipinski definition) is 2. The molecule has 0 amide bonds. The standard InChI is InChI=1S/C14H10FN3O2/c15-9-3-6-12-11(7-9)17-14(20)18(12)13(19)8-1-4-10(16)5-2-8/h1-7H,16H2,(H,17,20). The molecule has 0 bridgehead atoms. The Morgan fingerprint density at radius 1 is 1.15 bits per heavy atom. The summed E-state index contributed by atoms with van der Waals surface area (Å²) in [5, 5.41) is 0. The minimum absolute atomic E-state index is 0.277. The summed E-state index contributed by atoms with van der Waals surface area (Å²) in [6, 6.07) is 9.97. The second-order valence-corrected chi connectivity index (χ2v) is 4.35. The number of anilines is 1. The number of aromatic nitrogens is 2. The highest BCUT2D eigenvalue weighted by atomic mass is 19.1. The van der Waals surface area contributed by atoms with Crippen molar-refractivity contribution in [2.24, 2.45) is 0 Å². The lowest BCUT2D eigenvalue weighted by molar-refractivity contribution is 0.0961. The van der Waals surface area contributed by atoms with E-state index in [-0.39, 0.29) is 5.52 Å². The largest absolute Gasteiger partial charge is 0.399 e. The van der Waals surface area contributed by atoms with E-state index in [2.05, 4.69) is 4.98 Å². The van der Waals surface area contributed by atoms with E-state index >= 15 is 0 Å². The van der Waals surface area contributed by atoms with Crippen molar-refractivity contribution in [3.63, 3.8) is 0 Å². The van der Waals surface area contributed by atoms with Crippen LogP contribution < -0.4 is 11.4 Å². The number of hydrogen-bond acceptors (Lipinski definition) is 3. The third kappa shape index (κ3) is 1.87. The lowest BCUT2D eigenvalue weighted by Gasteiger charge is -2.02. The van der Waals surface area contributed by atoms with Gasteiger partial charge in [-0.25, -0.2) is 13.8 Å². The molecule has 0 spiro atoms. The molecule has 0 fully saturated rings. The zero-order valence-corrected chi connectivity index (χ0v) is 10.3. The van der Waals surface area contributed by atoms with Crippen LogP contribution in [0.3, 0.4) is 0 Å². The summed E-state index contributed by atoms with van der Waals surface area (Å²) in [6.07, 6.45) is 0. The molecule has 0 saturated heterocycles. The molecule has 6 heteroatoms. The highest BCUT2D eigenvalue weighted by molar-refractivity contribution is 6.01. The third-order valence-electron chi connectivity index (χ3n) is 3.00. The molecule has 3 aromatic rings. The number of nitrogens with zero attached hydrogens (tertiary/aromatic N) is 1. The molecular formula is C14H10FN3O2. The normalized spacial score (nSPS) is 10.8. The zero-order chi connectivity index (χ0) is 14.3. The molecule has 0 unspecified atom stereocenters. The van der Waals surface area contributed by atoms with Crippen LogP contribution in [0.4, 0.5) is 10.1 Å². The van der Waals surface area contributed by atoms with Crippen molar-refractivity contribution in [2.45, 2.75) is 0 Å². The number of halogens is 1. The lowest BCUT2D eigenvalue weighted by atomic mass is 10.2. The van der Waals surface area contributed by atoms with Gasteiger partial charge in [0.1, 0.15) is 5.82 Å². The van der Waals surface area contributed by atoms with E-state index in [9.17, 15) is 14.0 Å². The molecule has 1 heterocycles. The van der Waals surface area contributed by atoms with Crippen LogP contribution in [0.2, 0.25) is 0 Å². The Kier molecular flexibility index (Phi) is 2.64. The van der Waals surface area contributed by atoms with Crippen LogP contribution in [0.15, 0.2) is 47.3 Å². The predicted octanol–water partition coefficient (Wildman–Crippen LogP) is 1.74. The number of aromatic amines is 1. The number of carbonyl (C=O) groups is 1. The Labute approximate surface area is 112 Å². The van der Waals surface area contributed by atoms with Crippen molar-refractivity contribution in [1.82, 2.24) is 9.55 Å². The molecule has 1 aromatic heterocycles. The summed E-state index contributed by atoms with van der Waals surface area (Å²) in [5.74, 6) is -0.973. The molecule has 0 aliphatic carbocycles. The van der Waals surface area contributed by atoms with Crippen molar-refractivity contribution in [1.29, 1.82) is 0 Å². The number of fused-ring (bicyclic) bond motifs is 1. The maximum atomic E-state index is 13.1. The van der Waals surface area contributed by atoms with Gasteiger partial charge < -0.3 is 10.7 Å². The summed E-state index contributed by atoms with van der Waals surface area (Å²) in [5.41, 5.74) is 6.41.